The number of hydrogen-bond acceptors (Lipinski definition) is 0. The zero-order valence-electron chi connectivity index (χ0n) is 30.0. The third-order valence-corrected chi connectivity index (χ3v) is 11.3. The van der Waals surface area contributed by atoms with E-state index in [9.17, 15) is 0 Å². The molecule has 0 spiro atoms. The molecule has 2 heteroatoms. The van der Waals surface area contributed by atoms with Crippen molar-refractivity contribution >= 4 is 31.9 Å². The Morgan fingerprint density at radius 2 is 0.477 bits per heavy atom. The minimum Gasteiger partial charge on any atom is -0.0654 e. The number of aryl methyl sites for hydroxylation is 2. The predicted octanol–water partition coefficient (Wildman–Crippen LogP) is 16.8. The summed E-state index contributed by atoms with van der Waals surface area (Å²) in [5.41, 5.74) is 2.97. The Labute approximate surface area is 294 Å². The Morgan fingerprint density at radius 3 is 0.682 bits per heavy atom. The molecule has 0 amide bonds. The molecule has 1 aromatic carbocycles. The third kappa shape index (κ3) is 26.3. The molecule has 0 radical (unpaired) electrons. The molecule has 258 valence electrons. The van der Waals surface area contributed by atoms with Crippen molar-refractivity contribution in [1.29, 1.82) is 0 Å². The lowest BCUT2D eigenvalue weighted by molar-refractivity contribution is 0.529. The lowest BCUT2D eigenvalue weighted by atomic mass is 10.00. The van der Waals surface area contributed by atoms with Crippen LogP contribution >= 0.6 is 31.9 Å². The van der Waals surface area contributed by atoms with Crippen LogP contribution < -0.4 is 0 Å². The van der Waals surface area contributed by atoms with Crippen molar-refractivity contribution in [2.24, 2.45) is 0 Å². The van der Waals surface area contributed by atoms with E-state index in [1.807, 2.05) is 0 Å². The Bertz CT molecular complexity index is 665. The summed E-state index contributed by atoms with van der Waals surface area (Å²) >= 11 is 7.80. The van der Waals surface area contributed by atoms with Crippen LogP contribution in [0.3, 0.4) is 0 Å². The summed E-state index contributed by atoms with van der Waals surface area (Å²) in [4.78, 5) is 0. The highest BCUT2D eigenvalue weighted by atomic mass is 79.9. The maximum absolute atomic E-state index is 3.90. The maximum Gasteiger partial charge on any atom is 0.0210 e. The molecule has 0 N–H and O–H groups in total. The molecule has 0 atom stereocenters. The molecule has 44 heavy (non-hydrogen) atoms. The van der Waals surface area contributed by atoms with Crippen LogP contribution in [0.2, 0.25) is 0 Å². The van der Waals surface area contributed by atoms with E-state index in [0.717, 1.165) is 0 Å². The van der Waals surface area contributed by atoms with E-state index in [1.165, 1.54) is 238 Å². The second-order valence-corrected chi connectivity index (χ2v) is 15.9. The van der Waals surface area contributed by atoms with Crippen molar-refractivity contribution in [1.82, 2.24) is 0 Å². The summed E-state index contributed by atoms with van der Waals surface area (Å²) in [6, 6.07) is 4.80. The summed E-state index contributed by atoms with van der Waals surface area (Å²) in [6.45, 7) is 4.61. The van der Waals surface area contributed by atoms with Gasteiger partial charge in [0.1, 0.15) is 0 Å². The van der Waals surface area contributed by atoms with Gasteiger partial charge in [0.2, 0.25) is 0 Å². The molecular weight excluding hydrogens is 664 g/mol. The van der Waals surface area contributed by atoms with Gasteiger partial charge in [0, 0.05) is 8.95 Å². The third-order valence-electron chi connectivity index (χ3n) is 9.81. The minimum atomic E-state index is 1.21. The molecule has 0 saturated carbocycles. The summed E-state index contributed by atoms with van der Waals surface area (Å²) in [7, 11) is 0. The van der Waals surface area contributed by atoms with E-state index >= 15 is 0 Å². The van der Waals surface area contributed by atoms with E-state index in [2.05, 4.69) is 57.8 Å². The van der Waals surface area contributed by atoms with Crippen LogP contribution in [0.15, 0.2) is 21.1 Å². The van der Waals surface area contributed by atoms with Crippen LogP contribution in [-0.4, -0.2) is 0 Å². The van der Waals surface area contributed by atoms with Crippen LogP contribution in [0.1, 0.15) is 230 Å². The molecule has 0 heterocycles. The molecule has 0 saturated heterocycles. The lowest BCUT2D eigenvalue weighted by Gasteiger charge is -2.11. The SMILES string of the molecule is CCCCCCCCCCCCCCCCCCc1cc(Br)c(CCCCCCCCCCCCCCCCCC)cc1Br. The zero-order valence-corrected chi connectivity index (χ0v) is 33.1. The second-order valence-electron chi connectivity index (χ2n) is 14.1. The highest BCUT2D eigenvalue weighted by molar-refractivity contribution is 9.11. The number of halogens is 2. The first kappa shape index (κ1) is 42.2. The lowest BCUT2D eigenvalue weighted by Crippen LogP contribution is -1.94. The fraction of sp³-hybridized carbons (Fsp3) is 0.857. The van der Waals surface area contributed by atoms with Crippen LogP contribution in [0.4, 0.5) is 0 Å². The van der Waals surface area contributed by atoms with E-state index in [1.54, 1.807) is 0 Å². The minimum absolute atomic E-state index is 1.21. The molecule has 1 aromatic rings. The van der Waals surface area contributed by atoms with Crippen molar-refractivity contribution in [3.05, 3.63) is 32.2 Å². The van der Waals surface area contributed by atoms with Crippen molar-refractivity contribution < 1.29 is 0 Å². The van der Waals surface area contributed by atoms with Crippen LogP contribution in [0.5, 0.6) is 0 Å². The monoisotopic (exact) mass is 738 g/mol. The number of benzene rings is 1. The van der Waals surface area contributed by atoms with Gasteiger partial charge in [-0.3, -0.25) is 0 Å². The van der Waals surface area contributed by atoms with E-state index < -0.39 is 0 Å². The van der Waals surface area contributed by atoms with Gasteiger partial charge in [0.05, 0.1) is 0 Å². The fourth-order valence-electron chi connectivity index (χ4n) is 6.74. The Balaban J connectivity index is 1.94. The highest BCUT2D eigenvalue weighted by Gasteiger charge is 2.07. The Morgan fingerprint density at radius 1 is 0.295 bits per heavy atom. The molecule has 0 bridgehead atoms. The van der Waals surface area contributed by atoms with Crippen LogP contribution in [-0.2, 0) is 12.8 Å². The molecule has 0 aromatic heterocycles. The van der Waals surface area contributed by atoms with Crippen molar-refractivity contribution in [2.45, 2.75) is 232 Å². The summed E-state index contributed by atoms with van der Waals surface area (Å²) in [6.07, 6.45) is 48.3. The van der Waals surface area contributed by atoms with Crippen LogP contribution in [0.25, 0.3) is 0 Å². The van der Waals surface area contributed by atoms with Crippen molar-refractivity contribution in [2.75, 3.05) is 0 Å². The molecule has 0 fully saturated rings. The van der Waals surface area contributed by atoms with Gasteiger partial charge in [0.15, 0.2) is 0 Å². The fourth-order valence-corrected chi connectivity index (χ4v) is 7.92. The average Bonchev–Trinajstić information content (AvgIpc) is 3.02. The Hall–Kier alpha value is 0.180. The second kappa shape index (κ2) is 33.1. The number of unbranched alkanes of at least 4 members (excludes halogenated alkanes) is 30. The van der Waals surface area contributed by atoms with Crippen LogP contribution in [0, 0.1) is 0 Å². The topological polar surface area (TPSA) is 0 Å². The zero-order chi connectivity index (χ0) is 31.8. The summed E-state index contributed by atoms with van der Waals surface area (Å²) < 4.78 is 2.65. The van der Waals surface area contributed by atoms with Crippen molar-refractivity contribution in [3.63, 3.8) is 0 Å². The number of hydrogen-bond donors (Lipinski definition) is 0. The predicted molar refractivity (Wildman–Crippen MR) is 208 cm³/mol. The number of rotatable bonds is 34. The molecule has 0 nitrogen and oxygen atoms in total. The highest BCUT2D eigenvalue weighted by Crippen LogP contribution is 2.29. The molecule has 0 aliphatic rings. The molecule has 1 rings (SSSR count). The van der Waals surface area contributed by atoms with Gasteiger partial charge in [-0.2, -0.15) is 0 Å². The van der Waals surface area contributed by atoms with Gasteiger partial charge in [-0.25, -0.2) is 0 Å². The average molecular weight is 741 g/mol. The van der Waals surface area contributed by atoms with Crippen molar-refractivity contribution in [3.8, 4) is 0 Å². The first-order chi connectivity index (χ1) is 21.7. The largest absolute Gasteiger partial charge is 0.0654 e. The summed E-state index contributed by atoms with van der Waals surface area (Å²) in [5.74, 6) is 0. The standard InChI is InChI=1S/C42H76Br2/c1-3-5-7-9-11-13-15-17-19-21-23-25-27-29-31-33-35-39-37-42(44)40(38-41(39)43)36-34-32-30-28-26-24-22-20-18-16-14-12-10-8-6-4-2/h37-38H,3-36H2,1-2H3. The van der Waals surface area contributed by atoms with Gasteiger partial charge in [-0.05, 0) is 48.9 Å². The smallest absolute Gasteiger partial charge is 0.0210 e. The molecular formula is C42H76Br2. The normalized spacial score (nSPS) is 11.5. The Kier molecular flexibility index (Phi) is 31.7. The first-order valence-corrected chi connectivity index (χ1v) is 21.7. The molecule has 0 unspecified atom stereocenters. The maximum atomic E-state index is 3.90. The molecule has 0 aliphatic carbocycles. The first-order valence-electron chi connectivity index (χ1n) is 20.2. The van der Waals surface area contributed by atoms with Gasteiger partial charge < -0.3 is 0 Å². The quantitative estimate of drug-likeness (QED) is 0.0617. The van der Waals surface area contributed by atoms with Gasteiger partial charge in [0.25, 0.3) is 0 Å². The van der Waals surface area contributed by atoms with Gasteiger partial charge >= 0.3 is 0 Å². The van der Waals surface area contributed by atoms with E-state index in [-0.39, 0.29) is 0 Å². The summed E-state index contributed by atoms with van der Waals surface area (Å²) in [5, 5.41) is 0. The van der Waals surface area contributed by atoms with E-state index in [0.29, 0.717) is 0 Å². The van der Waals surface area contributed by atoms with Gasteiger partial charge in [-0.15, -0.1) is 0 Å². The molecule has 0 aliphatic heterocycles. The van der Waals surface area contributed by atoms with E-state index in [4.69, 9.17) is 0 Å². The van der Waals surface area contributed by atoms with Gasteiger partial charge in [-0.1, -0.05) is 238 Å².